The molecule has 0 fully saturated rings. The number of rotatable bonds is 2. The fourth-order valence-electron chi connectivity index (χ4n) is 2.56. The molecule has 6 nitrogen and oxygen atoms in total. The fourth-order valence-corrected chi connectivity index (χ4v) is 2.56. The minimum atomic E-state index is -0.104. The van der Waals surface area contributed by atoms with E-state index in [-0.39, 0.29) is 11.9 Å². The Kier molecular flexibility index (Phi) is 3.65. The Hall–Kier alpha value is -3.02. The van der Waals surface area contributed by atoms with Crippen LogP contribution in [-0.4, -0.2) is 11.9 Å². The second-order valence-electron chi connectivity index (χ2n) is 5.15. The lowest BCUT2D eigenvalue weighted by Crippen LogP contribution is -2.26. The molecule has 0 aromatic heterocycles. The number of hydrogen-bond acceptors (Lipinski definition) is 2. The number of nitrogens with two attached hydrogens (primary N) is 3. The van der Waals surface area contributed by atoms with E-state index in [1.165, 1.54) is 11.1 Å². The third kappa shape index (κ3) is 3.01. The van der Waals surface area contributed by atoms with Crippen molar-refractivity contribution in [2.24, 2.45) is 27.2 Å². The lowest BCUT2D eigenvalue weighted by Gasteiger charge is -2.18. The van der Waals surface area contributed by atoms with Crippen LogP contribution in [0.3, 0.4) is 0 Å². The Morgan fingerprint density at radius 3 is 2.23 bits per heavy atom. The van der Waals surface area contributed by atoms with E-state index in [0.29, 0.717) is 0 Å². The molecule has 0 amide bonds. The molecule has 0 radical (unpaired) electrons. The third-order valence-electron chi connectivity index (χ3n) is 3.52. The second kappa shape index (κ2) is 5.77. The molecule has 0 spiro atoms. The molecular formula is C16H18N6. The molecule has 0 unspecified atom stereocenters. The van der Waals surface area contributed by atoms with E-state index < -0.39 is 0 Å². The van der Waals surface area contributed by atoms with Gasteiger partial charge in [-0.05, 0) is 29.3 Å². The van der Waals surface area contributed by atoms with Gasteiger partial charge < -0.3 is 22.1 Å². The van der Waals surface area contributed by atoms with Crippen LogP contribution in [0.5, 0.6) is 0 Å². The maximum atomic E-state index is 5.67. The summed E-state index contributed by atoms with van der Waals surface area (Å²) in [6.07, 6.45) is 0. The molecule has 0 atom stereocenters. The molecule has 0 bridgehead atoms. The van der Waals surface area contributed by atoms with Gasteiger partial charge in [0.15, 0.2) is 5.96 Å². The Morgan fingerprint density at radius 2 is 1.59 bits per heavy atom. The highest BCUT2D eigenvalue weighted by molar-refractivity contribution is 5.93. The van der Waals surface area contributed by atoms with Crippen LogP contribution in [0.25, 0.3) is 0 Å². The van der Waals surface area contributed by atoms with Crippen LogP contribution in [0.2, 0.25) is 0 Å². The van der Waals surface area contributed by atoms with Crippen LogP contribution in [0.4, 0.5) is 11.4 Å². The first-order valence-electron chi connectivity index (χ1n) is 6.97. The maximum absolute atomic E-state index is 5.67. The molecule has 0 saturated carbocycles. The summed E-state index contributed by atoms with van der Waals surface area (Å²) in [4.78, 5) is 10.2. The minimum Gasteiger partial charge on any atom is -0.370 e. The molecule has 2 aromatic rings. The van der Waals surface area contributed by atoms with E-state index in [1.807, 2.05) is 18.2 Å². The first kappa shape index (κ1) is 13.9. The van der Waals surface area contributed by atoms with Crippen LogP contribution in [0.15, 0.2) is 58.5 Å². The van der Waals surface area contributed by atoms with Gasteiger partial charge in [0.2, 0.25) is 5.96 Å². The highest BCUT2D eigenvalue weighted by Gasteiger charge is 2.18. The van der Waals surface area contributed by atoms with E-state index in [9.17, 15) is 0 Å². The third-order valence-corrected chi connectivity index (χ3v) is 3.52. The van der Waals surface area contributed by atoms with Gasteiger partial charge in [0.05, 0.1) is 5.69 Å². The van der Waals surface area contributed by atoms with E-state index in [1.54, 1.807) is 0 Å². The number of nitrogens with zero attached hydrogens (tertiary/aromatic N) is 3. The van der Waals surface area contributed by atoms with Gasteiger partial charge in [0.1, 0.15) is 0 Å². The van der Waals surface area contributed by atoms with E-state index in [4.69, 9.17) is 17.2 Å². The van der Waals surface area contributed by atoms with Crippen LogP contribution >= 0.6 is 0 Å². The number of fused-ring (bicyclic) bond motifs is 1. The Morgan fingerprint density at radius 1 is 0.909 bits per heavy atom. The van der Waals surface area contributed by atoms with Crippen molar-refractivity contribution in [2.75, 3.05) is 4.90 Å². The molecule has 2 aromatic carbocycles. The van der Waals surface area contributed by atoms with Gasteiger partial charge in [0.25, 0.3) is 0 Å². The minimum absolute atomic E-state index is 0.0434. The number of guanidine groups is 2. The van der Waals surface area contributed by atoms with Crippen molar-refractivity contribution in [1.29, 1.82) is 0 Å². The topological polar surface area (TPSA) is 106 Å². The van der Waals surface area contributed by atoms with Crippen LogP contribution < -0.4 is 22.1 Å². The average molecular weight is 294 g/mol. The Balaban J connectivity index is 1.83. The Bertz CT molecular complexity index is 721. The zero-order chi connectivity index (χ0) is 15.5. The van der Waals surface area contributed by atoms with Gasteiger partial charge in [-0.15, -0.1) is 0 Å². The summed E-state index contributed by atoms with van der Waals surface area (Å²) in [5.74, 6) is -0.0609. The van der Waals surface area contributed by atoms with E-state index >= 15 is 0 Å². The second-order valence-corrected chi connectivity index (χ2v) is 5.15. The predicted octanol–water partition coefficient (Wildman–Crippen LogP) is 1.43. The van der Waals surface area contributed by atoms with Crippen molar-refractivity contribution in [2.45, 2.75) is 13.1 Å². The van der Waals surface area contributed by atoms with Crippen molar-refractivity contribution in [3.63, 3.8) is 0 Å². The van der Waals surface area contributed by atoms with Crippen molar-refractivity contribution >= 4 is 23.3 Å². The van der Waals surface area contributed by atoms with Crippen molar-refractivity contribution in [3.05, 3.63) is 59.7 Å². The van der Waals surface area contributed by atoms with Gasteiger partial charge >= 0.3 is 0 Å². The molecule has 0 aliphatic carbocycles. The molecule has 6 N–H and O–H groups in total. The summed E-state index contributed by atoms with van der Waals surface area (Å²) in [7, 11) is 0. The van der Waals surface area contributed by atoms with Crippen molar-refractivity contribution in [3.8, 4) is 0 Å². The largest absolute Gasteiger partial charge is 0.370 e. The van der Waals surface area contributed by atoms with E-state index in [0.717, 1.165) is 24.5 Å². The average Bonchev–Trinajstić information content (AvgIpc) is 2.90. The smallest absolute Gasteiger partial charge is 0.223 e. The molecule has 3 rings (SSSR count). The van der Waals surface area contributed by atoms with Crippen LogP contribution in [0, 0.1) is 0 Å². The normalized spacial score (nSPS) is 13.8. The number of benzene rings is 2. The number of aliphatic imine (C=N–C) groups is 2. The van der Waals surface area contributed by atoms with Crippen LogP contribution in [0.1, 0.15) is 11.1 Å². The molecule has 1 heterocycles. The maximum Gasteiger partial charge on any atom is 0.223 e. The van der Waals surface area contributed by atoms with Gasteiger partial charge in [-0.2, -0.15) is 4.99 Å². The molecule has 6 heteroatoms. The quantitative estimate of drug-likeness (QED) is 0.575. The summed E-state index contributed by atoms with van der Waals surface area (Å²) < 4.78 is 0. The lowest BCUT2D eigenvalue weighted by atomic mass is 10.1. The number of anilines is 1. The summed E-state index contributed by atoms with van der Waals surface area (Å²) in [6, 6.07) is 16.3. The molecular weight excluding hydrogens is 276 g/mol. The molecule has 0 saturated heterocycles. The molecule has 22 heavy (non-hydrogen) atoms. The highest BCUT2D eigenvalue weighted by Crippen LogP contribution is 2.30. The number of hydrogen-bond donors (Lipinski definition) is 3. The molecule has 1 aliphatic heterocycles. The molecule has 112 valence electrons. The van der Waals surface area contributed by atoms with Crippen molar-refractivity contribution in [1.82, 2.24) is 0 Å². The first-order valence-corrected chi connectivity index (χ1v) is 6.97. The van der Waals surface area contributed by atoms with Crippen molar-refractivity contribution < 1.29 is 0 Å². The summed E-state index contributed by atoms with van der Waals surface area (Å²) in [5, 5.41) is 0. The SMILES string of the molecule is NC(N)=NC(N)=Nc1cccc(N2Cc3ccccc3C2)c1. The van der Waals surface area contributed by atoms with Gasteiger partial charge in [0, 0.05) is 18.8 Å². The molecule has 1 aliphatic rings. The summed E-state index contributed by atoms with van der Waals surface area (Å²) >= 11 is 0. The van der Waals surface area contributed by atoms with Gasteiger partial charge in [-0.3, -0.25) is 0 Å². The predicted molar refractivity (Wildman–Crippen MR) is 89.9 cm³/mol. The summed E-state index contributed by atoms with van der Waals surface area (Å²) in [6.45, 7) is 1.79. The first-order chi connectivity index (χ1) is 10.6. The lowest BCUT2D eigenvalue weighted by molar-refractivity contribution is 0.880. The van der Waals surface area contributed by atoms with E-state index in [2.05, 4.69) is 45.2 Å². The standard InChI is InChI=1S/C16H18N6/c17-15(18)21-16(19)20-13-6-3-7-14(8-13)22-9-11-4-1-2-5-12(11)10-22/h1-8H,9-10H2,(H6,17,18,19,20,21). The fraction of sp³-hybridized carbons (Fsp3) is 0.125. The highest BCUT2D eigenvalue weighted by atomic mass is 15.1. The zero-order valence-corrected chi connectivity index (χ0v) is 12.1. The summed E-state index contributed by atoms with van der Waals surface area (Å²) in [5.41, 5.74) is 20.8. The van der Waals surface area contributed by atoms with Gasteiger partial charge in [-0.25, -0.2) is 4.99 Å². The Labute approximate surface area is 129 Å². The monoisotopic (exact) mass is 294 g/mol. The van der Waals surface area contributed by atoms with Crippen LogP contribution in [-0.2, 0) is 13.1 Å². The van der Waals surface area contributed by atoms with Gasteiger partial charge in [-0.1, -0.05) is 30.3 Å². The zero-order valence-electron chi connectivity index (χ0n) is 12.1.